The van der Waals surface area contributed by atoms with Crippen LogP contribution in [0.2, 0.25) is 0 Å². The number of hydrogen-bond donors (Lipinski definition) is 1. The van der Waals surface area contributed by atoms with Crippen molar-refractivity contribution in [2.75, 3.05) is 31.3 Å². The second-order valence-electron chi connectivity index (χ2n) is 4.68. The molecule has 2 aliphatic rings. The summed E-state index contributed by atoms with van der Waals surface area (Å²) < 4.78 is 28.5. The van der Waals surface area contributed by atoms with Gasteiger partial charge in [0.15, 0.2) is 9.84 Å². The molecule has 0 spiro atoms. The zero-order chi connectivity index (χ0) is 11.8. The van der Waals surface area contributed by atoms with Gasteiger partial charge in [0, 0.05) is 24.7 Å². The molecule has 0 aliphatic carbocycles. The molecule has 0 amide bonds. The molecule has 0 radical (unpaired) electrons. The Bertz CT molecular complexity index is 344. The average molecular weight is 248 g/mol. The van der Waals surface area contributed by atoms with Crippen LogP contribution in [0.1, 0.15) is 13.3 Å². The maximum Gasteiger partial charge on any atom is 0.153 e. The second-order valence-corrected chi connectivity index (χ2v) is 6.84. The smallest absolute Gasteiger partial charge is 0.153 e. The fraction of sp³-hybridized carbons (Fsp3) is 1.00. The number of morpholine rings is 1. The summed E-state index contributed by atoms with van der Waals surface area (Å²) in [6.07, 6.45) is 0.975. The molecule has 6 heteroatoms. The maximum atomic E-state index is 11.6. The maximum absolute atomic E-state index is 11.6. The Morgan fingerprint density at radius 2 is 2.19 bits per heavy atom. The van der Waals surface area contributed by atoms with Crippen LogP contribution in [0, 0.1) is 0 Å². The first-order chi connectivity index (χ1) is 7.53. The van der Waals surface area contributed by atoms with Gasteiger partial charge in [0.05, 0.1) is 24.7 Å². The SMILES string of the molecule is CCC1COCCN1C1CS(=O)(=O)CC1N. The molecule has 3 atom stereocenters. The highest BCUT2D eigenvalue weighted by Gasteiger charge is 2.41. The van der Waals surface area contributed by atoms with Gasteiger partial charge >= 0.3 is 0 Å². The molecule has 2 heterocycles. The van der Waals surface area contributed by atoms with Gasteiger partial charge in [-0.15, -0.1) is 0 Å². The normalized spacial score (nSPS) is 40.0. The largest absolute Gasteiger partial charge is 0.378 e. The second kappa shape index (κ2) is 4.60. The minimum Gasteiger partial charge on any atom is -0.378 e. The number of hydrogen-bond acceptors (Lipinski definition) is 5. The topological polar surface area (TPSA) is 72.6 Å². The Morgan fingerprint density at radius 1 is 1.44 bits per heavy atom. The third-order valence-electron chi connectivity index (χ3n) is 3.54. The monoisotopic (exact) mass is 248 g/mol. The van der Waals surface area contributed by atoms with E-state index < -0.39 is 9.84 Å². The van der Waals surface area contributed by atoms with Crippen LogP contribution in [0.4, 0.5) is 0 Å². The Morgan fingerprint density at radius 3 is 2.75 bits per heavy atom. The molecule has 0 saturated carbocycles. The molecule has 5 nitrogen and oxygen atoms in total. The van der Waals surface area contributed by atoms with E-state index in [4.69, 9.17) is 10.5 Å². The van der Waals surface area contributed by atoms with Crippen LogP contribution in [-0.4, -0.2) is 62.7 Å². The molecular formula is C10H20N2O3S. The molecule has 2 rings (SSSR count). The lowest BCUT2D eigenvalue weighted by molar-refractivity contribution is -0.0278. The summed E-state index contributed by atoms with van der Waals surface area (Å²) in [5.41, 5.74) is 5.94. The van der Waals surface area contributed by atoms with Crippen LogP contribution in [0.15, 0.2) is 0 Å². The van der Waals surface area contributed by atoms with Crippen LogP contribution in [0.5, 0.6) is 0 Å². The van der Waals surface area contributed by atoms with E-state index in [1.165, 1.54) is 0 Å². The van der Waals surface area contributed by atoms with E-state index >= 15 is 0 Å². The highest BCUT2D eigenvalue weighted by atomic mass is 32.2. The summed E-state index contributed by atoms with van der Waals surface area (Å²) in [6.45, 7) is 4.27. The van der Waals surface area contributed by atoms with Crippen molar-refractivity contribution in [3.05, 3.63) is 0 Å². The van der Waals surface area contributed by atoms with Gasteiger partial charge < -0.3 is 10.5 Å². The predicted octanol–water partition coefficient (Wildman–Crippen LogP) is -0.778. The lowest BCUT2D eigenvalue weighted by Gasteiger charge is -2.40. The number of ether oxygens (including phenoxy) is 1. The zero-order valence-electron chi connectivity index (χ0n) is 9.63. The van der Waals surface area contributed by atoms with E-state index in [9.17, 15) is 8.42 Å². The molecule has 0 aromatic heterocycles. The van der Waals surface area contributed by atoms with Gasteiger partial charge in [-0.2, -0.15) is 0 Å². The number of nitrogens with zero attached hydrogens (tertiary/aromatic N) is 1. The van der Waals surface area contributed by atoms with Crippen molar-refractivity contribution in [2.45, 2.75) is 31.5 Å². The fourth-order valence-corrected chi connectivity index (χ4v) is 4.56. The van der Waals surface area contributed by atoms with Crippen LogP contribution in [-0.2, 0) is 14.6 Å². The number of nitrogens with two attached hydrogens (primary N) is 1. The van der Waals surface area contributed by atoms with Crippen molar-refractivity contribution in [1.29, 1.82) is 0 Å². The standard InChI is InChI=1S/C10H20N2O3S/c1-2-8-5-15-4-3-12(8)10-7-16(13,14)6-9(10)11/h8-10H,2-7,11H2,1H3. The fourth-order valence-electron chi connectivity index (χ4n) is 2.65. The third-order valence-corrected chi connectivity index (χ3v) is 5.28. The summed E-state index contributed by atoms with van der Waals surface area (Å²) in [7, 11) is -2.93. The van der Waals surface area contributed by atoms with Crippen molar-refractivity contribution in [2.24, 2.45) is 5.73 Å². The molecule has 2 fully saturated rings. The molecule has 2 N–H and O–H groups in total. The molecule has 0 bridgehead atoms. The van der Waals surface area contributed by atoms with Gasteiger partial charge in [0.25, 0.3) is 0 Å². The molecule has 0 aromatic carbocycles. The van der Waals surface area contributed by atoms with Gasteiger partial charge in [-0.1, -0.05) is 6.92 Å². The Labute approximate surface area is 96.9 Å². The van der Waals surface area contributed by atoms with Crippen molar-refractivity contribution < 1.29 is 13.2 Å². The van der Waals surface area contributed by atoms with Gasteiger partial charge in [-0.3, -0.25) is 4.90 Å². The predicted molar refractivity (Wildman–Crippen MR) is 62.0 cm³/mol. The van der Waals surface area contributed by atoms with Gasteiger partial charge in [-0.25, -0.2) is 8.42 Å². The highest BCUT2D eigenvalue weighted by Crippen LogP contribution is 2.22. The molecule has 16 heavy (non-hydrogen) atoms. The molecular weight excluding hydrogens is 228 g/mol. The summed E-state index contributed by atoms with van der Waals surface area (Å²) >= 11 is 0. The van der Waals surface area contributed by atoms with E-state index in [2.05, 4.69) is 11.8 Å². The van der Waals surface area contributed by atoms with E-state index in [-0.39, 0.29) is 23.6 Å². The molecule has 94 valence electrons. The zero-order valence-corrected chi connectivity index (χ0v) is 10.4. The lowest BCUT2D eigenvalue weighted by atomic mass is 10.1. The summed E-state index contributed by atoms with van der Waals surface area (Å²) in [5.74, 6) is 0.343. The van der Waals surface area contributed by atoms with E-state index in [0.29, 0.717) is 19.3 Å². The van der Waals surface area contributed by atoms with E-state index in [0.717, 1.165) is 13.0 Å². The van der Waals surface area contributed by atoms with E-state index in [1.54, 1.807) is 0 Å². The highest BCUT2D eigenvalue weighted by molar-refractivity contribution is 7.91. The van der Waals surface area contributed by atoms with Crippen molar-refractivity contribution in [3.63, 3.8) is 0 Å². The van der Waals surface area contributed by atoms with Crippen LogP contribution in [0.3, 0.4) is 0 Å². The van der Waals surface area contributed by atoms with Gasteiger partial charge in [0.1, 0.15) is 0 Å². The first-order valence-corrected chi connectivity index (χ1v) is 7.65. The molecule has 0 aromatic rings. The Hall–Kier alpha value is -0.170. The first kappa shape index (κ1) is 12.3. The summed E-state index contributed by atoms with van der Waals surface area (Å²) in [5, 5.41) is 0. The van der Waals surface area contributed by atoms with Crippen LogP contribution in [0.25, 0.3) is 0 Å². The molecule has 2 aliphatic heterocycles. The average Bonchev–Trinajstić information content (AvgIpc) is 2.52. The van der Waals surface area contributed by atoms with Crippen LogP contribution >= 0.6 is 0 Å². The van der Waals surface area contributed by atoms with Crippen molar-refractivity contribution >= 4 is 9.84 Å². The molecule has 2 saturated heterocycles. The van der Waals surface area contributed by atoms with Crippen LogP contribution < -0.4 is 5.73 Å². The quantitative estimate of drug-likeness (QED) is 0.694. The lowest BCUT2D eigenvalue weighted by Crippen LogP contribution is -2.56. The van der Waals surface area contributed by atoms with Gasteiger partial charge in [0.2, 0.25) is 0 Å². The Balaban J connectivity index is 2.11. The summed E-state index contributed by atoms with van der Waals surface area (Å²) in [4.78, 5) is 2.23. The third kappa shape index (κ3) is 2.40. The van der Waals surface area contributed by atoms with Crippen molar-refractivity contribution in [1.82, 2.24) is 4.90 Å². The van der Waals surface area contributed by atoms with Gasteiger partial charge in [-0.05, 0) is 6.42 Å². The number of sulfone groups is 1. The minimum atomic E-state index is -2.93. The number of rotatable bonds is 2. The summed E-state index contributed by atoms with van der Waals surface area (Å²) in [6, 6.07) is 0.0640. The minimum absolute atomic E-state index is 0.0150. The van der Waals surface area contributed by atoms with Crippen molar-refractivity contribution in [3.8, 4) is 0 Å². The van der Waals surface area contributed by atoms with E-state index in [1.807, 2.05) is 0 Å². The Kier molecular flexibility index (Phi) is 3.53. The first-order valence-electron chi connectivity index (χ1n) is 5.83. The molecule has 3 unspecified atom stereocenters.